The molecule has 0 saturated heterocycles. The standard InChI is InChI=1S/C6H13FO3S.C2H4FNO/c7-5-3-1-2-4-6-11(8,9)10;3-1-2(4)5/h1-6H2,(H,8,9,10);1H2,(H2,4,5). The first-order valence-electron chi connectivity index (χ1n) is 4.69. The summed E-state index contributed by atoms with van der Waals surface area (Å²) in [4.78, 5) is 9.22. The molecule has 0 unspecified atom stereocenters. The van der Waals surface area contributed by atoms with E-state index in [1.54, 1.807) is 0 Å². The lowest BCUT2D eigenvalue weighted by Gasteiger charge is -1.96. The van der Waals surface area contributed by atoms with E-state index in [2.05, 4.69) is 5.73 Å². The molecule has 0 aromatic heterocycles. The summed E-state index contributed by atoms with van der Waals surface area (Å²) in [5.41, 5.74) is 4.28. The summed E-state index contributed by atoms with van der Waals surface area (Å²) in [5, 5.41) is 0. The van der Waals surface area contributed by atoms with Gasteiger partial charge in [0.25, 0.3) is 10.1 Å². The lowest BCUT2D eigenvalue weighted by Crippen LogP contribution is -2.11. The number of alkyl halides is 2. The zero-order valence-corrected chi connectivity index (χ0v) is 9.68. The number of halogens is 2. The van der Waals surface area contributed by atoms with Crippen LogP contribution in [-0.2, 0) is 14.9 Å². The molecule has 0 aliphatic carbocycles. The number of hydrogen-bond acceptors (Lipinski definition) is 3. The van der Waals surface area contributed by atoms with Gasteiger partial charge in [-0.1, -0.05) is 12.8 Å². The molecule has 16 heavy (non-hydrogen) atoms. The highest BCUT2D eigenvalue weighted by molar-refractivity contribution is 7.85. The van der Waals surface area contributed by atoms with E-state index < -0.39 is 22.7 Å². The Kier molecular flexibility index (Phi) is 11.8. The van der Waals surface area contributed by atoms with Crippen molar-refractivity contribution >= 4 is 16.0 Å². The third-order valence-corrected chi connectivity index (χ3v) is 2.22. The van der Waals surface area contributed by atoms with Gasteiger partial charge in [0.15, 0.2) is 6.67 Å². The minimum absolute atomic E-state index is 0.209. The van der Waals surface area contributed by atoms with E-state index in [0.717, 1.165) is 0 Å². The summed E-state index contributed by atoms with van der Waals surface area (Å²) >= 11 is 0. The van der Waals surface area contributed by atoms with E-state index in [4.69, 9.17) is 4.55 Å². The van der Waals surface area contributed by atoms with Gasteiger partial charge in [0.05, 0.1) is 12.4 Å². The van der Waals surface area contributed by atoms with Crippen molar-refractivity contribution in [3.63, 3.8) is 0 Å². The van der Waals surface area contributed by atoms with Gasteiger partial charge < -0.3 is 5.73 Å². The summed E-state index contributed by atoms with van der Waals surface area (Å²) in [7, 11) is -3.81. The van der Waals surface area contributed by atoms with Crippen LogP contribution in [0.1, 0.15) is 25.7 Å². The molecule has 0 aromatic rings. The second-order valence-electron chi connectivity index (χ2n) is 2.99. The molecular weight excluding hydrogens is 244 g/mol. The maximum Gasteiger partial charge on any atom is 0.264 e. The topological polar surface area (TPSA) is 97.5 Å². The number of carbonyl (C=O) groups excluding carboxylic acids is 1. The summed E-state index contributed by atoms with van der Waals surface area (Å²) in [6.07, 6.45) is 2.24. The van der Waals surface area contributed by atoms with Gasteiger partial charge in [-0.3, -0.25) is 13.7 Å². The van der Waals surface area contributed by atoms with Crippen molar-refractivity contribution in [3.05, 3.63) is 0 Å². The van der Waals surface area contributed by atoms with E-state index >= 15 is 0 Å². The molecule has 0 saturated carbocycles. The Morgan fingerprint density at radius 1 is 1.12 bits per heavy atom. The Labute approximate surface area is 93.8 Å². The second-order valence-corrected chi connectivity index (χ2v) is 4.56. The van der Waals surface area contributed by atoms with Crippen LogP contribution < -0.4 is 5.73 Å². The van der Waals surface area contributed by atoms with Crippen molar-refractivity contribution in [2.45, 2.75) is 25.7 Å². The average molecular weight is 261 g/mol. The van der Waals surface area contributed by atoms with Crippen LogP contribution in [0.25, 0.3) is 0 Å². The molecule has 0 radical (unpaired) electrons. The van der Waals surface area contributed by atoms with Crippen molar-refractivity contribution in [1.82, 2.24) is 0 Å². The van der Waals surface area contributed by atoms with E-state index in [-0.39, 0.29) is 12.4 Å². The lowest BCUT2D eigenvalue weighted by molar-refractivity contribution is -0.118. The predicted molar refractivity (Wildman–Crippen MR) is 56.0 cm³/mol. The van der Waals surface area contributed by atoms with E-state index in [9.17, 15) is 22.0 Å². The predicted octanol–water partition coefficient (Wildman–Crippen LogP) is 0.845. The van der Waals surface area contributed by atoms with Crippen LogP contribution in [0.4, 0.5) is 8.78 Å². The minimum Gasteiger partial charge on any atom is -0.367 e. The number of unbranched alkanes of at least 4 members (excludes halogenated alkanes) is 3. The van der Waals surface area contributed by atoms with Crippen LogP contribution in [-0.4, -0.2) is 38.0 Å². The molecule has 0 aliphatic rings. The van der Waals surface area contributed by atoms with E-state index in [1.807, 2.05) is 0 Å². The van der Waals surface area contributed by atoms with Crippen LogP contribution in [0.2, 0.25) is 0 Å². The normalized spacial score (nSPS) is 10.4. The summed E-state index contributed by atoms with van der Waals surface area (Å²) in [5.74, 6) is -1.12. The van der Waals surface area contributed by atoms with Crippen LogP contribution >= 0.6 is 0 Å². The third kappa shape index (κ3) is 23.2. The summed E-state index contributed by atoms with van der Waals surface area (Å²) < 4.78 is 50.7. The van der Waals surface area contributed by atoms with Gasteiger partial charge in [-0.15, -0.1) is 0 Å². The zero-order chi connectivity index (χ0) is 13.0. The highest BCUT2D eigenvalue weighted by atomic mass is 32.2. The Morgan fingerprint density at radius 2 is 1.56 bits per heavy atom. The minimum atomic E-state index is -3.81. The number of rotatable bonds is 7. The number of nitrogens with two attached hydrogens (primary N) is 1. The molecule has 0 heterocycles. The van der Waals surface area contributed by atoms with Crippen LogP contribution in [0.3, 0.4) is 0 Å². The van der Waals surface area contributed by atoms with Gasteiger partial charge in [0.1, 0.15) is 0 Å². The molecule has 5 nitrogen and oxygen atoms in total. The molecule has 0 bridgehead atoms. The number of carbonyl (C=O) groups is 1. The van der Waals surface area contributed by atoms with Gasteiger partial charge in [0, 0.05) is 0 Å². The van der Waals surface area contributed by atoms with Gasteiger partial charge in [0.2, 0.25) is 5.91 Å². The monoisotopic (exact) mass is 261 g/mol. The number of amides is 1. The maximum atomic E-state index is 11.5. The maximum absolute atomic E-state index is 11.5. The van der Waals surface area contributed by atoms with Crippen molar-refractivity contribution in [1.29, 1.82) is 0 Å². The molecule has 0 atom stereocenters. The van der Waals surface area contributed by atoms with Crippen LogP contribution in [0.15, 0.2) is 0 Å². The average Bonchev–Trinajstić information content (AvgIpc) is 2.17. The van der Waals surface area contributed by atoms with Gasteiger partial charge in [-0.2, -0.15) is 8.42 Å². The molecule has 8 heteroatoms. The van der Waals surface area contributed by atoms with Crippen molar-refractivity contribution in [2.24, 2.45) is 5.73 Å². The molecule has 0 aromatic carbocycles. The second kappa shape index (κ2) is 10.7. The zero-order valence-electron chi connectivity index (χ0n) is 8.86. The fraction of sp³-hybridized carbons (Fsp3) is 0.875. The Morgan fingerprint density at radius 3 is 1.88 bits per heavy atom. The molecule has 0 spiro atoms. The first-order chi connectivity index (χ1) is 7.33. The van der Waals surface area contributed by atoms with Gasteiger partial charge >= 0.3 is 0 Å². The quantitative estimate of drug-likeness (QED) is 0.524. The molecule has 0 fully saturated rings. The Hall–Kier alpha value is -0.760. The third-order valence-electron chi connectivity index (χ3n) is 1.42. The molecule has 98 valence electrons. The van der Waals surface area contributed by atoms with Crippen molar-refractivity contribution in [2.75, 3.05) is 19.1 Å². The molecule has 3 N–H and O–H groups in total. The van der Waals surface area contributed by atoms with Crippen LogP contribution in [0, 0.1) is 0 Å². The first kappa shape index (κ1) is 17.6. The molecular formula is C8H17F2NO4S. The highest BCUT2D eigenvalue weighted by Crippen LogP contribution is 2.01. The van der Waals surface area contributed by atoms with Gasteiger partial charge in [-0.05, 0) is 12.8 Å². The lowest BCUT2D eigenvalue weighted by atomic mass is 10.2. The summed E-state index contributed by atoms with van der Waals surface area (Å²) in [6, 6.07) is 0. The van der Waals surface area contributed by atoms with Crippen molar-refractivity contribution < 1.29 is 26.5 Å². The summed E-state index contributed by atoms with van der Waals surface area (Å²) in [6.45, 7) is -1.41. The Bertz CT molecular complexity index is 269. The number of hydrogen-bond donors (Lipinski definition) is 2. The van der Waals surface area contributed by atoms with E-state index in [0.29, 0.717) is 25.7 Å². The highest BCUT2D eigenvalue weighted by Gasteiger charge is 2.02. The fourth-order valence-electron chi connectivity index (χ4n) is 0.733. The largest absolute Gasteiger partial charge is 0.367 e. The van der Waals surface area contributed by atoms with Gasteiger partial charge in [-0.25, -0.2) is 4.39 Å². The Balaban J connectivity index is 0. The number of primary amides is 1. The fourth-order valence-corrected chi connectivity index (χ4v) is 1.30. The SMILES string of the molecule is NC(=O)CF.O=S(=O)(O)CCCCCCF. The van der Waals surface area contributed by atoms with Crippen molar-refractivity contribution in [3.8, 4) is 0 Å². The molecule has 0 rings (SSSR count). The molecule has 1 amide bonds. The molecule has 0 aliphatic heterocycles. The van der Waals surface area contributed by atoms with E-state index in [1.165, 1.54) is 0 Å². The van der Waals surface area contributed by atoms with Crippen LogP contribution in [0.5, 0.6) is 0 Å². The first-order valence-corrected chi connectivity index (χ1v) is 6.29. The smallest absolute Gasteiger partial charge is 0.264 e.